The summed E-state index contributed by atoms with van der Waals surface area (Å²) in [4.78, 5) is 38.9. The molecule has 2 N–H and O–H groups in total. The first-order chi connectivity index (χ1) is 13.9. The minimum absolute atomic E-state index is 0.0260. The molecule has 1 aliphatic heterocycles. The number of thioether (sulfide) groups is 1. The molecule has 0 bridgehead atoms. The molecule has 3 rings (SSSR count). The number of para-hydroxylation sites is 1. The van der Waals surface area contributed by atoms with Crippen LogP contribution >= 0.6 is 11.8 Å². The Balaban J connectivity index is 1.45. The van der Waals surface area contributed by atoms with E-state index in [1.165, 1.54) is 43.0 Å². The van der Waals surface area contributed by atoms with Crippen LogP contribution in [0.5, 0.6) is 5.75 Å². The van der Waals surface area contributed by atoms with E-state index < -0.39 is 23.7 Å². The van der Waals surface area contributed by atoms with Crippen molar-refractivity contribution in [3.05, 3.63) is 54.3 Å². The monoisotopic (exact) mass is 417 g/mol. The average molecular weight is 417 g/mol. The van der Waals surface area contributed by atoms with Crippen LogP contribution in [-0.4, -0.2) is 36.1 Å². The maximum Gasteiger partial charge on any atom is 0.279 e. The molecule has 7 nitrogen and oxygen atoms in total. The van der Waals surface area contributed by atoms with Crippen molar-refractivity contribution in [3.8, 4) is 5.75 Å². The van der Waals surface area contributed by atoms with Crippen LogP contribution in [0.1, 0.15) is 13.3 Å². The minimum atomic E-state index is -0.895. The molecule has 0 aromatic heterocycles. The Bertz CT molecular complexity index is 907. The molecule has 0 radical (unpaired) electrons. The third-order valence-electron chi connectivity index (χ3n) is 4.19. The lowest BCUT2D eigenvalue weighted by Crippen LogP contribution is -2.48. The van der Waals surface area contributed by atoms with E-state index in [0.29, 0.717) is 11.5 Å². The molecule has 1 aliphatic rings. The van der Waals surface area contributed by atoms with E-state index in [4.69, 9.17) is 4.74 Å². The molecule has 1 heterocycles. The number of benzene rings is 2. The molecule has 0 aliphatic carbocycles. The van der Waals surface area contributed by atoms with E-state index >= 15 is 0 Å². The number of hydrogen-bond donors (Lipinski definition) is 2. The molecule has 29 heavy (non-hydrogen) atoms. The second-order valence-corrected chi connectivity index (χ2v) is 7.32. The van der Waals surface area contributed by atoms with Gasteiger partial charge in [-0.2, -0.15) is 0 Å². The average Bonchev–Trinajstić information content (AvgIpc) is 2.72. The standard InChI is InChI=1S/C20H20FN3O4S/c1-13(28-15-8-6-14(21)7-9-15)20(27)23-22-18(25)10-11-24-16-4-2-3-5-17(16)29-12-19(24)26/h2-9,13H,10-12H2,1H3,(H,22,25)(H,23,27)/t13-/m0/s1. The number of rotatable bonds is 6. The maximum absolute atomic E-state index is 12.9. The van der Waals surface area contributed by atoms with Crippen LogP contribution in [-0.2, 0) is 14.4 Å². The van der Waals surface area contributed by atoms with E-state index in [1.54, 1.807) is 4.90 Å². The van der Waals surface area contributed by atoms with Crippen molar-refractivity contribution in [1.29, 1.82) is 0 Å². The molecule has 152 valence electrons. The minimum Gasteiger partial charge on any atom is -0.481 e. The van der Waals surface area contributed by atoms with Crippen molar-refractivity contribution in [2.24, 2.45) is 0 Å². The summed E-state index contributed by atoms with van der Waals surface area (Å²) in [5, 5.41) is 0. The van der Waals surface area contributed by atoms with Gasteiger partial charge < -0.3 is 9.64 Å². The van der Waals surface area contributed by atoms with Crippen LogP contribution in [0, 0.1) is 5.82 Å². The van der Waals surface area contributed by atoms with E-state index in [1.807, 2.05) is 24.3 Å². The van der Waals surface area contributed by atoms with Crippen LogP contribution in [0.3, 0.4) is 0 Å². The van der Waals surface area contributed by atoms with Crippen LogP contribution in [0.2, 0.25) is 0 Å². The Morgan fingerprint density at radius 2 is 1.90 bits per heavy atom. The number of nitrogens with one attached hydrogen (secondary N) is 2. The molecule has 0 fully saturated rings. The smallest absolute Gasteiger partial charge is 0.279 e. The summed E-state index contributed by atoms with van der Waals surface area (Å²) in [7, 11) is 0. The summed E-state index contributed by atoms with van der Waals surface area (Å²) in [6.45, 7) is 1.71. The summed E-state index contributed by atoms with van der Waals surface area (Å²) in [6, 6.07) is 12.8. The van der Waals surface area contributed by atoms with Crippen molar-refractivity contribution in [1.82, 2.24) is 10.9 Å². The highest BCUT2D eigenvalue weighted by molar-refractivity contribution is 8.00. The Morgan fingerprint density at radius 1 is 1.17 bits per heavy atom. The number of ether oxygens (including phenoxy) is 1. The zero-order valence-electron chi connectivity index (χ0n) is 15.7. The number of carbonyl (C=O) groups is 3. The van der Waals surface area contributed by atoms with Crippen LogP contribution in [0.25, 0.3) is 0 Å². The van der Waals surface area contributed by atoms with Gasteiger partial charge in [0.2, 0.25) is 11.8 Å². The molecular weight excluding hydrogens is 397 g/mol. The van der Waals surface area contributed by atoms with Gasteiger partial charge in [0.1, 0.15) is 11.6 Å². The fraction of sp³-hybridized carbons (Fsp3) is 0.250. The topological polar surface area (TPSA) is 87.7 Å². The number of halogens is 1. The van der Waals surface area contributed by atoms with Gasteiger partial charge in [0.15, 0.2) is 6.10 Å². The van der Waals surface area contributed by atoms with Crippen molar-refractivity contribution in [2.45, 2.75) is 24.3 Å². The maximum atomic E-state index is 12.9. The summed E-state index contributed by atoms with van der Waals surface area (Å²) < 4.78 is 18.3. The second kappa shape index (κ2) is 9.42. The van der Waals surface area contributed by atoms with E-state index in [0.717, 1.165) is 10.6 Å². The first-order valence-corrected chi connectivity index (χ1v) is 9.95. The first-order valence-electron chi connectivity index (χ1n) is 8.97. The molecule has 0 saturated carbocycles. The molecule has 2 aromatic carbocycles. The van der Waals surface area contributed by atoms with Gasteiger partial charge in [-0.3, -0.25) is 25.2 Å². The quantitative estimate of drug-likeness (QED) is 0.704. The predicted octanol–water partition coefficient (Wildman–Crippen LogP) is 2.27. The summed E-state index contributed by atoms with van der Waals surface area (Å²) in [6.07, 6.45) is -0.869. The fourth-order valence-electron chi connectivity index (χ4n) is 2.68. The normalized spacial score (nSPS) is 14.0. The molecule has 9 heteroatoms. The molecule has 0 unspecified atom stereocenters. The van der Waals surface area contributed by atoms with Crippen molar-refractivity contribution in [2.75, 3.05) is 17.2 Å². The third-order valence-corrected chi connectivity index (χ3v) is 5.24. The number of amides is 3. The first kappa shape index (κ1) is 20.7. The fourth-order valence-corrected chi connectivity index (χ4v) is 3.61. The van der Waals surface area contributed by atoms with Crippen molar-refractivity contribution >= 4 is 35.2 Å². The zero-order valence-corrected chi connectivity index (χ0v) is 16.5. The third kappa shape index (κ3) is 5.47. The van der Waals surface area contributed by atoms with Crippen molar-refractivity contribution in [3.63, 3.8) is 0 Å². The number of nitrogens with zero attached hydrogens (tertiary/aromatic N) is 1. The summed E-state index contributed by atoms with van der Waals surface area (Å²) in [5.74, 6) is -0.801. The van der Waals surface area contributed by atoms with E-state index in [-0.39, 0.29) is 18.9 Å². The largest absolute Gasteiger partial charge is 0.481 e. The Morgan fingerprint density at radius 3 is 2.66 bits per heavy atom. The molecule has 0 saturated heterocycles. The summed E-state index contributed by atoms with van der Waals surface area (Å²) >= 11 is 1.47. The number of carbonyl (C=O) groups excluding carboxylic acids is 3. The van der Waals surface area contributed by atoms with Crippen LogP contribution < -0.4 is 20.5 Å². The summed E-state index contributed by atoms with van der Waals surface area (Å²) in [5.41, 5.74) is 5.39. The SMILES string of the molecule is C[C@H](Oc1ccc(F)cc1)C(=O)NNC(=O)CCN1C(=O)CSc2ccccc21. The van der Waals surface area contributed by atoms with Gasteiger partial charge >= 0.3 is 0 Å². The van der Waals surface area contributed by atoms with Gasteiger partial charge in [-0.25, -0.2) is 4.39 Å². The second-order valence-electron chi connectivity index (χ2n) is 6.30. The van der Waals surface area contributed by atoms with E-state index in [9.17, 15) is 18.8 Å². The van der Waals surface area contributed by atoms with Gasteiger partial charge in [0.25, 0.3) is 5.91 Å². The Kier molecular flexibility index (Phi) is 6.71. The highest BCUT2D eigenvalue weighted by atomic mass is 32.2. The highest BCUT2D eigenvalue weighted by Gasteiger charge is 2.24. The number of fused-ring (bicyclic) bond motifs is 1. The molecule has 2 aromatic rings. The number of hydrazine groups is 1. The zero-order chi connectivity index (χ0) is 20.8. The molecule has 1 atom stereocenters. The van der Waals surface area contributed by atoms with Gasteiger partial charge in [0, 0.05) is 17.9 Å². The lowest BCUT2D eigenvalue weighted by atomic mass is 10.2. The van der Waals surface area contributed by atoms with Gasteiger partial charge in [-0.1, -0.05) is 12.1 Å². The lowest BCUT2D eigenvalue weighted by molar-refractivity contribution is -0.132. The Hall–Kier alpha value is -3.07. The van der Waals surface area contributed by atoms with Crippen LogP contribution in [0.4, 0.5) is 10.1 Å². The number of hydrogen-bond acceptors (Lipinski definition) is 5. The van der Waals surface area contributed by atoms with E-state index in [2.05, 4.69) is 10.9 Å². The highest BCUT2D eigenvalue weighted by Crippen LogP contribution is 2.34. The van der Waals surface area contributed by atoms with Crippen molar-refractivity contribution < 1.29 is 23.5 Å². The van der Waals surface area contributed by atoms with Gasteiger partial charge in [-0.05, 0) is 43.3 Å². The molecular formula is C20H20FN3O4S. The lowest BCUT2D eigenvalue weighted by Gasteiger charge is -2.28. The van der Waals surface area contributed by atoms with Gasteiger partial charge in [-0.15, -0.1) is 11.8 Å². The Labute approximate surface area is 171 Å². The molecule has 3 amide bonds. The predicted molar refractivity (Wildman–Crippen MR) is 107 cm³/mol. The number of anilines is 1. The van der Waals surface area contributed by atoms with Gasteiger partial charge in [0.05, 0.1) is 11.4 Å². The van der Waals surface area contributed by atoms with Crippen LogP contribution in [0.15, 0.2) is 53.4 Å². The molecule has 0 spiro atoms.